The van der Waals surface area contributed by atoms with E-state index in [9.17, 15) is 19.8 Å². The minimum Gasteiger partial charge on any atom is -0.462 e. The van der Waals surface area contributed by atoms with E-state index in [1.54, 1.807) is 0 Å². The smallest absolute Gasteiger partial charge is 0.306 e. The summed E-state index contributed by atoms with van der Waals surface area (Å²) in [5, 5.41) is 23.6. The third-order valence-electron chi connectivity index (χ3n) is 10.6. The standard InChI is InChI=1S/C46H89NO5/c1-4-7-10-13-16-19-22-24-26-29-32-35-38-44(49)43(41-48)47-45(50)40-42(37-34-31-28-25-23-20-17-14-11-8-5-2)52-46(51)39-36-33-30-27-21-18-15-12-9-6-3/h25,28,42-44,48-49H,4-24,26-27,29-41H2,1-3H3,(H,47,50)/b28-25-. The van der Waals surface area contributed by atoms with Gasteiger partial charge in [0.2, 0.25) is 5.91 Å². The fourth-order valence-corrected chi connectivity index (χ4v) is 7.08. The zero-order valence-corrected chi connectivity index (χ0v) is 35.0. The van der Waals surface area contributed by atoms with Crippen LogP contribution in [0.1, 0.15) is 245 Å². The molecule has 0 bridgehead atoms. The average Bonchev–Trinajstić information content (AvgIpc) is 3.13. The van der Waals surface area contributed by atoms with Crippen molar-refractivity contribution >= 4 is 11.9 Å². The molecule has 308 valence electrons. The first-order valence-electron chi connectivity index (χ1n) is 22.9. The normalized spacial score (nSPS) is 13.4. The number of unbranched alkanes of at least 4 members (excludes halogenated alkanes) is 27. The number of nitrogens with one attached hydrogen (secondary N) is 1. The number of hydrogen-bond acceptors (Lipinski definition) is 5. The fraction of sp³-hybridized carbons (Fsp3) is 0.913. The first-order chi connectivity index (χ1) is 25.5. The van der Waals surface area contributed by atoms with Gasteiger partial charge in [-0.05, 0) is 44.9 Å². The van der Waals surface area contributed by atoms with Crippen LogP contribution in [0.4, 0.5) is 0 Å². The summed E-state index contributed by atoms with van der Waals surface area (Å²) >= 11 is 0. The van der Waals surface area contributed by atoms with Crippen LogP contribution in [0.5, 0.6) is 0 Å². The molecule has 52 heavy (non-hydrogen) atoms. The van der Waals surface area contributed by atoms with Crippen molar-refractivity contribution in [2.24, 2.45) is 0 Å². The highest BCUT2D eigenvalue weighted by atomic mass is 16.5. The van der Waals surface area contributed by atoms with Crippen molar-refractivity contribution in [1.29, 1.82) is 0 Å². The van der Waals surface area contributed by atoms with Crippen LogP contribution >= 0.6 is 0 Å². The van der Waals surface area contributed by atoms with Crippen LogP contribution in [0, 0.1) is 0 Å². The monoisotopic (exact) mass is 736 g/mol. The van der Waals surface area contributed by atoms with Crippen LogP contribution in [0.15, 0.2) is 12.2 Å². The molecule has 0 saturated heterocycles. The highest BCUT2D eigenvalue weighted by Crippen LogP contribution is 2.17. The van der Waals surface area contributed by atoms with E-state index in [-0.39, 0.29) is 24.9 Å². The molecule has 3 unspecified atom stereocenters. The summed E-state index contributed by atoms with van der Waals surface area (Å²) in [7, 11) is 0. The zero-order chi connectivity index (χ0) is 38.2. The molecule has 1 amide bonds. The molecule has 6 nitrogen and oxygen atoms in total. The van der Waals surface area contributed by atoms with Gasteiger partial charge in [0.05, 0.1) is 25.2 Å². The first-order valence-corrected chi connectivity index (χ1v) is 22.9. The maximum atomic E-state index is 13.1. The largest absolute Gasteiger partial charge is 0.462 e. The molecule has 0 aliphatic carbocycles. The van der Waals surface area contributed by atoms with Gasteiger partial charge in [0, 0.05) is 6.42 Å². The summed E-state index contributed by atoms with van der Waals surface area (Å²) in [5.74, 6) is -0.496. The molecule has 0 radical (unpaired) electrons. The van der Waals surface area contributed by atoms with Gasteiger partial charge in [0.25, 0.3) is 0 Å². The summed E-state index contributed by atoms with van der Waals surface area (Å²) in [6, 6.07) is -0.701. The van der Waals surface area contributed by atoms with Gasteiger partial charge in [-0.1, -0.05) is 200 Å². The van der Waals surface area contributed by atoms with E-state index in [0.717, 1.165) is 51.4 Å². The lowest BCUT2D eigenvalue weighted by Gasteiger charge is -2.24. The van der Waals surface area contributed by atoms with E-state index in [0.29, 0.717) is 19.3 Å². The predicted molar refractivity (Wildman–Crippen MR) is 223 cm³/mol. The molecule has 0 aliphatic heterocycles. The van der Waals surface area contributed by atoms with Crippen LogP contribution in [0.2, 0.25) is 0 Å². The molecule has 3 N–H and O–H groups in total. The number of aliphatic hydroxyl groups is 2. The van der Waals surface area contributed by atoms with Gasteiger partial charge >= 0.3 is 5.97 Å². The van der Waals surface area contributed by atoms with Crippen LogP contribution < -0.4 is 5.32 Å². The van der Waals surface area contributed by atoms with Crippen molar-refractivity contribution in [2.75, 3.05) is 6.61 Å². The number of ether oxygens (including phenoxy) is 1. The lowest BCUT2D eigenvalue weighted by Crippen LogP contribution is -2.46. The Morgan fingerprint density at radius 1 is 0.538 bits per heavy atom. The van der Waals surface area contributed by atoms with Crippen molar-refractivity contribution in [3.05, 3.63) is 12.2 Å². The third kappa shape index (κ3) is 35.6. The SMILES string of the molecule is CCCCCCCC/C=C\CCCC(CC(=O)NC(CO)C(O)CCCCCCCCCCCCCC)OC(=O)CCCCCCCCCCCC. The van der Waals surface area contributed by atoms with Gasteiger partial charge in [-0.15, -0.1) is 0 Å². The van der Waals surface area contributed by atoms with Crippen LogP contribution in [0.25, 0.3) is 0 Å². The van der Waals surface area contributed by atoms with E-state index in [2.05, 4.69) is 38.2 Å². The Morgan fingerprint density at radius 2 is 0.942 bits per heavy atom. The molecule has 0 saturated carbocycles. The van der Waals surface area contributed by atoms with Crippen LogP contribution in [-0.4, -0.2) is 46.9 Å². The summed E-state index contributed by atoms with van der Waals surface area (Å²) < 4.78 is 5.87. The van der Waals surface area contributed by atoms with E-state index in [4.69, 9.17) is 4.74 Å². The number of carbonyl (C=O) groups is 2. The maximum absolute atomic E-state index is 13.1. The number of carbonyl (C=O) groups excluding carboxylic acids is 2. The summed E-state index contributed by atoms with van der Waals surface area (Å²) in [4.78, 5) is 25.9. The first kappa shape index (κ1) is 50.6. The molecule has 6 heteroatoms. The zero-order valence-electron chi connectivity index (χ0n) is 35.0. The maximum Gasteiger partial charge on any atom is 0.306 e. The molecule has 0 aromatic heterocycles. The molecule has 0 aromatic rings. The minimum absolute atomic E-state index is 0.0626. The van der Waals surface area contributed by atoms with E-state index < -0.39 is 18.2 Å². The van der Waals surface area contributed by atoms with Crippen LogP contribution in [-0.2, 0) is 14.3 Å². The molecule has 0 fully saturated rings. The van der Waals surface area contributed by atoms with Gasteiger partial charge < -0.3 is 20.3 Å². The molecule has 0 spiro atoms. The molecule has 0 aromatic carbocycles. The summed E-state index contributed by atoms with van der Waals surface area (Å²) in [6.07, 6.45) is 42.7. The van der Waals surface area contributed by atoms with Gasteiger partial charge in [0.1, 0.15) is 6.10 Å². The molecular formula is C46H89NO5. The second-order valence-corrected chi connectivity index (χ2v) is 15.8. The number of rotatable bonds is 41. The molecule has 0 aliphatic rings. The lowest BCUT2D eigenvalue weighted by molar-refractivity contribution is -0.151. The Kier molecular flexibility index (Phi) is 39.7. The quantitative estimate of drug-likeness (QED) is 0.0330. The van der Waals surface area contributed by atoms with Gasteiger partial charge in [-0.25, -0.2) is 0 Å². The van der Waals surface area contributed by atoms with E-state index >= 15 is 0 Å². The van der Waals surface area contributed by atoms with Crippen molar-refractivity contribution in [1.82, 2.24) is 5.32 Å². The minimum atomic E-state index is -0.786. The lowest BCUT2D eigenvalue weighted by atomic mass is 10.0. The number of hydrogen-bond donors (Lipinski definition) is 3. The van der Waals surface area contributed by atoms with Gasteiger partial charge in [-0.3, -0.25) is 9.59 Å². The number of aliphatic hydroxyl groups excluding tert-OH is 2. The second-order valence-electron chi connectivity index (χ2n) is 15.8. The topological polar surface area (TPSA) is 95.9 Å². The summed E-state index contributed by atoms with van der Waals surface area (Å²) in [6.45, 7) is 6.45. The predicted octanol–water partition coefficient (Wildman–Crippen LogP) is 13.0. The average molecular weight is 736 g/mol. The third-order valence-corrected chi connectivity index (χ3v) is 10.6. The van der Waals surface area contributed by atoms with Gasteiger partial charge in [-0.2, -0.15) is 0 Å². The molecular weight excluding hydrogens is 647 g/mol. The fourth-order valence-electron chi connectivity index (χ4n) is 7.08. The Balaban J connectivity index is 4.57. The summed E-state index contributed by atoms with van der Waals surface area (Å²) in [5.41, 5.74) is 0. The Bertz CT molecular complexity index is 787. The van der Waals surface area contributed by atoms with Gasteiger partial charge in [0.15, 0.2) is 0 Å². The second kappa shape index (κ2) is 40.8. The highest BCUT2D eigenvalue weighted by Gasteiger charge is 2.24. The number of allylic oxidation sites excluding steroid dienone is 2. The molecule has 0 heterocycles. The van der Waals surface area contributed by atoms with Crippen molar-refractivity contribution < 1.29 is 24.5 Å². The van der Waals surface area contributed by atoms with Crippen LogP contribution in [0.3, 0.4) is 0 Å². The molecule has 3 atom stereocenters. The number of amides is 1. The Hall–Kier alpha value is -1.40. The van der Waals surface area contributed by atoms with Crippen molar-refractivity contribution in [2.45, 2.75) is 264 Å². The number of esters is 1. The Labute approximate surface area is 323 Å². The van der Waals surface area contributed by atoms with E-state index in [1.165, 1.54) is 148 Å². The Morgan fingerprint density at radius 3 is 1.40 bits per heavy atom. The van der Waals surface area contributed by atoms with Crippen molar-refractivity contribution in [3.63, 3.8) is 0 Å². The van der Waals surface area contributed by atoms with Crippen molar-refractivity contribution in [3.8, 4) is 0 Å². The molecule has 0 rings (SSSR count). The van der Waals surface area contributed by atoms with E-state index in [1.807, 2.05) is 0 Å². The highest BCUT2D eigenvalue weighted by molar-refractivity contribution is 5.77.